The van der Waals surface area contributed by atoms with Crippen LogP contribution in [0.3, 0.4) is 0 Å². The van der Waals surface area contributed by atoms with Gasteiger partial charge in [-0.1, -0.05) is 60.7 Å². The molecule has 3 aromatic rings. The predicted molar refractivity (Wildman–Crippen MR) is 104 cm³/mol. The summed E-state index contributed by atoms with van der Waals surface area (Å²) in [6, 6.07) is 20.7. The minimum absolute atomic E-state index is 0.213. The van der Waals surface area contributed by atoms with E-state index in [0.29, 0.717) is 11.1 Å². The van der Waals surface area contributed by atoms with Crippen molar-refractivity contribution < 1.29 is 14.7 Å². The van der Waals surface area contributed by atoms with Gasteiger partial charge in [0, 0.05) is 11.6 Å². The maximum Gasteiger partial charge on any atom is 0.286 e. The summed E-state index contributed by atoms with van der Waals surface area (Å²) in [5.74, 6) is 0.231. The van der Waals surface area contributed by atoms with Crippen molar-refractivity contribution in [3.63, 3.8) is 0 Å². The van der Waals surface area contributed by atoms with Crippen molar-refractivity contribution in [1.82, 2.24) is 4.73 Å². The predicted octanol–water partition coefficient (Wildman–Crippen LogP) is 3.42. The van der Waals surface area contributed by atoms with Crippen LogP contribution in [0.5, 0.6) is 5.88 Å². The third-order valence-corrected chi connectivity index (χ3v) is 4.22. The number of pyridine rings is 1. The van der Waals surface area contributed by atoms with Gasteiger partial charge in [-0.2, -0.15) is 0 Å². The van der Waals surface area contributed by atoms with Crippen molar-refractivity contribution in [3.05, 3.63) is 99.3 Å². The first-order valence-corrected chi connectivity index (χ1v) is 8.85. The largest absolute Gasteiger partial charge is 0.472 e. The Balaban J connectivity index is 1.94. The van der Waals surface area contributed by atoms with Crippen LogP contribution in [0.15, 0.2) is 71.5 Å². The Hall–Kier alpha value is -3.05. The van der Waals surface area contributed by atoms with Crippen LogP contribution in [0, 0.1) is 6.92 Å². The lowest BCUT2D eigenvalue weighted by molar-refractivity contribution is 0.0583. The third-order valence-electron chi connectivity index (χ3n) is 4.22. The van der Waals surface area contributed by atoms with Gasteiger partial charge >= 0.3 is 0 Å². The molecule has 1 N–H and O–H groups in total. The summed E-state index contributed by atoms with van der Waals surface area (Å²) in [5.41, 5.74) is 2.75. The Morgan fingerprint density at radius 2 is 1.52 bits per heavy atom. The Morgan fingerprint density at radius 3 is 2.07 bits per heavy atom. The van der Waals surface area contributed by atoms with E-state index in [1.165, 1.54) is 6.07 Å². The lowest BCUT2D eigenvalue weighted by Crippen LogP contribution is -2.30. The summed E-state index contributed by atoms with van der Waals surface area (Å²) in [6.45, 7) is 3.90. The number of aliphatic hydroxyl groups is 1. The Kier molecular flexibility index (Phi) is 5.94. The summed E-state index contributed by atoms with van der Waals surface area (Å²) >= 11 is 0. The summed E-state index contributed by atoms with van der Waals surface area (Å²) in [5, 5.41) is 10.2. The normalized spacial score (nSPS) is 11.8. The number of nitrogens with zero attached hydrogens (tertiary/aromatic N) is 1. The van der Waals surface area contributed by atoms with Crippen LogP contribution in [0.4, 0.5) is 0 Å². The van der Waals surface area contributed by atoms with E-state index >= 15 is 0 Å². The summed E-state index contributed by atoms with van der Waals surface area (Å²) < 4.78 is 7.07. The highest BCUT2D eigenvalue weighted by atomic mass is 16.7. The molecule has 5 nitrogen and oxygen atoms in total. The molecular weight excluding hydrogens is 342 g/mol. The lowest BCUT2D eigenvalue weighted by Gasteiger charge is -2.20. The molecule has 2 aromatic carbocycles. The molecule has 0 saturated heterocycles. The minimum atomic E-state index is -0.803. The molecule has 0 amide bonds. The fraction of sp³-hybridized carbons (Fsp3) is 0.227. The molecule has 0 aliphatic carbocycles. The van der Waals surface area contributed by atoms with Gasteiger partial charge in [-0.15, -0.1) is 4.73 Å². The van der Waals surface area contributed by atoms with E-state index in [1.54, 1.807) is 13.8 Å². The molecule has 1 aromatic heterocycles. The molecule has 3 rings (SSSR count). The van der Waals surface area contributed by atoms with Crippen LogP contribution in [0.2, 0.25) is 0 Å². The molecule has 1 unspecified atom stereocenters. The number of aryl methyl sites for hydroxylation is 1. The monoisotopic (exact) mass is 365 g/mol. The van der Waals surface area contributed by atoms with Crippen molar-refractivity contribution in [2.24, 2.45) is 0 Å². The van der Waals surface area contributed by atoms with E-state index in [0.717, 1.165) is 15.9 Å². The number of hydrogen-bond donors (Lipinski definition) is 1. The lowest BCUT2D eigenvalue weighted by atomic mass is 10.1. The van der Waals surface area contributed by atoms with Gasteiger partial charge in [-0.3, -0.25) is 4.79 Å². The fourth-order valence-corrected chi connectivity index (χ4v) is 2.91. The van der Waals surface area contributed by atoms with Gasteiger partial charge < -0.3 is 14.7 Å². The van der Waals surface area contributed by atoms with Crippen molar-refractivity contribution in [3.8, 4) is 5.88 Å². The standard InChI is InChI=1S/C22H23NO4/c1-16-13-20(25)23(27-15-19-11-7-4-8-12-19)22(21(16)17(2)24)26-14-18-9-5-3-6-10-18/h3-13,17,24H,14-15H2,1-2H3. The molecule has 0 bridgehead atoms. The topological polar surface area (TPSA) is 60.7 Å². The zero-order valence-corrected chi connectivity index (χ0v) is 15.5. The molecule has 0 aliphatic heterocycles. The zero-order valence-electron chi connectivity index (χ0n) is 15.5. The second kappa shape index (κ2) is 8.56. The number of aromatic nitrogens is 1. The van der Waals surface area contributed by atoms with Crippen molar-refractivity contribution in [1.29, 1.82) is 0 Å². The molecule has 0 fully saturated rings. The SMILES string of the molecule is Cc1cc(=O)n(OCc2ccccc2)c(OCc2ccccc2)c1C(C)O. The van der Waals surface area contributed by atoms with E-state index in [-0.39, 0.29) is 24.7 Å². The van der Waals surface area contributed by atoms with E-state index in [9.17, 15) is 9.90 Å². The van der Waals surface area contributed by atoms with E-state index in [4.69, 9.17) is 9.57 Å². The van der Waals surface area contributed by atoms with Gasteiger partial charge in [-0.25, -0.2) is 0 Å². The molecule has 27 heavy (non-hydrogen) atoms. The molecule has 1 atom stereocenters. The molecule has 140 valence electrons. The van der Waals surface area contributed by atoms with Crippen LogP contribution in [-0.2, 0) is 13.2 Å². The number of hydrogen-bond acceptors (Lipinski definition) is 4. The molecule has 5 heteroatoms. The first-order chi connectivity index (χ1) is 13.1. The van der Waals surface area contributed by atoms with E-state index in [2.05, 4.69) is 0 Å². The highest BCUT2D eigenvalue weighted by Gasteiger charge is 2.20. The molecule has 1 heterocycles. The summed E-state index contributed by atoms with van der Waals surface area (Å²) in [7, 11) is 0. The molecule has 0 aliphatic rings. The second-order valence-corrected chi connectivity index (χ2v) is 6.39. The average Bonchev–Trinajstić information content (AvgIpc) is 2.66. The van der Waals surface area contributed by atoms with Crippen molar-refractivity contribution in [2.75, 3.05) is 0 Å². The van der Waals surface area contributed by atoms with Crippen LogP contribution >= 0.6 is 0 Å². The van der Waals surface area contributed by atoms with Crippen LogP contribution in [-0.4, -0.2) is 9.84 Å². The highest BCUT2D eigenvalue weighted by Crippen LogP contribution is 2.27. The molecule has 0 radical (unpaired) electrons. The maximum absolute atomic E-state index is 12.5. The first-order valence-electron chi connectivity index (χ1n) is 8.85. The molecule has 0 saturated carbocycles. The van der Waals surface area contributed by atoms with Gasteiger partial charge in [0.2, 0.25) is 5.88 Å². The van der Waals surface area contributed by atoms with Gasteiger partial charge in [0.15, 0.2) is 0 Å². The Morgan fingerprint density at radius 1 is 0.963 bits per heavy atom. The second-order valence-electron chi connectivity index (χ2n) is 6.39. The number of aliphatic hydroxyl groups excluding tert-OH is 1. The highest BCUT2D eigenvalue weighted by molar-refractivity contribution is 5.36. The van der Waals surface area contributed by atoms with Crippen LogP contribution < -0.4 is 15.1 Å². The summed E-state index contributed by atoms with van der Waals surface area (Å²) in [4.78, 5) is 18.3. The zero-order chi connectivity index (χ0) is 19.2. The first kappa shape index (κ1) is 18.7. The quantitative estimate of drug-likeness (QED) is 0.697. The number of benzene rings is 2. The molecule has 0 spiro atoms. The average molecular weight is 365 g/mol. The van der Waals surface area contributed by atoms with Crippen LogP contribution in [0.1, 0.15) is 35.3 Å². The Labute approximate surface area is 158 Å². The van der Waals surface area contributed by atoms with E-state index < -0.39 is 6.10 Å². The van der Waals surface area contributed by atoms with Crippen molar-refractivity contribution >= 4 is 0 Å². The van der Waals surface area contributed by atoms with Gasteiger partial charge in [-0.05, 0) is 30.5 Å². The maximum atomic E-state index is 12.5. The van der Waals surface area contributed by atoms with Gasteiger partial charge in [0.1, 0.15) is 13.2 Å². The van der Waals surface area contributed by atoms with E-state index in [1.807, 2.05) is 60.7 Å². The van der Waals surface area contributed by atoms with Crippen LogP contribution in [0.25, 0.3) is 0 Å². The van der Waals surface area contributed by atoms with Gasteiger partial charge in [0.05, 0.1) is 6.10 Å². The number of ether oxygens (including phenoxy) is 1. The molecular formula is C22H23NO4. The minimum Gasteiger partial charge on any atom is -0.472 e. The van der Waals surface area contributed by atoms with Gasteiger partial charge in [0.25, 0.3) is 5.56 Å². The summed E-state index contributed by atoms with van der Waals surface area (Å²) in [6.07, 6.45) is -0.803. The smallest absolute Gasteiger partial charge is 0.286 e. The van der Waals surface area contributed by atoms with Crippen molar-refractivity contribution in [2.45, 2.75) is 33.2 Å². The Bertz CT molecular complexity index is 934. The number of rotatable bonds is 7. The fourth-order valence-electron chi connectivity index (χ4n) is 2.91. The third kappa shape index (κ3) is 4.57.